The van der Waals surface area contributed by atoms with Gasteiger partial charge in [-0.3, -0.25) is 0 Å². The van der Waals surface area contributed by atoms with Crippen LogP contribution in [0.5, 0.6) is 0 Å². The second-order valence-corrected chi connectivity index (χ2v) is 2.57. The average molecular weight is 111 g/mol. The van der Waals surface area contributed by atoms with Crippen molar-refractivity contribution in [2.75, 3.05) is 0 Å². The van der Waals surface area contributed by atoms with Gasteiger partial charge in [-0.1, -0.05) is 13.0 Å². The molecule has 1 heteroatoms. The predicted molar refractivity (Wildman–Crippen MR) is 35.5 cm³/mol. The molecule has 0 aromatic heterocycles. The molecular weight excluding hydrogens is 98.1 g/mol. The summed E-state index contributed by atoms with van der Waals surface area (Å²) < 4.78 is 0. The highest BCUT2D eigenvalue weighted by Gasteiger charge is 2.10. The first-order chi connectivity index (χ1) is 3.80. The van der Waals surface area contributed by atoms with Crippen LogP contribution in [0.4, 0.5) is 0 Å². The lowest BCUT2D eigenvalue weighted by molar-refractivity contribution is 0.423. The van der Waals surface area contributed by atoms with Gasteiger partial charge in [-0.25, -0.2) is 0 Å². The molecule has 0 amide bonds. The van der Waals surface area contributed by atoms with Gasteiger partial charge in [0.15, 0.2) is 0 Å². The number of hydrogen-bond donors (Lipinski definition) is 1. The Bertz CT molecular complexity index is 84.6. The second-order valence-electron chi connectivity index (χ2n) is 2.57. The molecule has 1 aliphatic heterocycles. The zero-order chi connectivity index (χ0) is 5.98. The molecule has 0 bridgehead atoms. The fraction of sp³-hybridized carbons (Fsp3) is 0.714. The standard InChI is InChI=1S/C7H13N/c1-6-4-3-5-8-7(6)2/h3,5-8H,4H2,1-2H3/t6-,7?/m1/s1. The van der Waals surface area contributed by atoms with E-state index in [2.05, 4.69) is 25.2 Å². The predicted octanol–water partition coefficient (Wildman–Crippen LogP) is 1.52. The summed E-state index contributed by atoms with van der Waals surface area (Å²) in [5, 5.41) is 3.25. The lowest BCUT2D eigenvalue weighted by Crippen LogP contribution is -2.30. The van der Waals surface area contributed by atoms with Crippen LogP contribution in [0, 0.1) is 5.92 Å². The van der Waals surface area contributed by atoms with Crippen LogP contribution < -0.4 is 5.32 Å². The first kappa shape index (κ1) is 5.67. The van der Waals surface area contributed by atoms with Crippen LogP contribution in [-0.2, 0) is 0 Å². The third-order valence-electron chi connectivity index (χ3n) is 1.84. The van der Waals surface area contributed by atoms with E-state index in [1.165, 1.54) is 6.42 Å². The summed E-state index contributed by atoms with van der Waals surface area (Å²) in [6.07, 6.45) is 5.46. The Morgan fingerprint density at radius 3 is 2.62 bits per heavy atom. The molecule has 0 spiro atoms. The molecule has 0 saturated heterocycles. The molecule has 1 unspecified atom stereocenters. The van der Waals surface area contributed by atoms with E-state index >= 15 is 0 Å². The summed E-state index contributed by atoms with van der Waals surface area (Å²) in [7, 11) is 0. The molecule has 1 N–H and O–H groups in total. The number of nitrogens with one attached hydrogen (secondary N) is 1. The second kappa shape index (κ2) is 2.21. The van der Waals surface area contributed by atoms with Gasteiger partial charge in [0.2, 0.25) is 0 Å². The fourth-order valence-corrected chi connectivity index (χ4v) is 0.871. The van der Waals surface area contributed by atoms with E-state index < -0.39 is 0 Å². The summed E-state index contributed by atoms with van der Waals surface area (Å²) in [6, 6.07) is 0.667. The minimum Gasteiger partial charge on any atom is -0.388 e. The monoisotopic (exact) mass is 111 g/mol. The van der Waals surface area contributed by atoms with E-state index in [-0.39, 0.29) is 0 Å². The molecule has 0 fully saturated rings. The van der Waals surface area contributed by atoms with Gasteiger partial charge in [-0.05, 0) is 25.5 Å². The number of allylic oxidation sites excluding steroid dienone is 1. The van der Waals surface area contributed by atoms with Crippen LogP contribution in [0.3, 0.4) is 0 Å². The van der Waals surface area contributed by atoms with Crippen molar-refractivity contribution in [3.8, 4) is 0 Å². The maximum atomic E-state index is 3.25. The lowest BCUT2D eigenvalue weighted by atomic mass is 9.98. The molecule has 46 valence electrons. The Kier molecular flexibility index (Phi) is 1.56. The Labute approximate surface area is 50.8 Å². The Hall–Kier alpha value is -0.460. The summed E-state index contributed by atoms with van der Waals surface area (Å²) in [5.74, 6) is 0.806. The van der Waals surface area contributed by atoms with E-state index in [0.29, 0.717) is 6.04 Å². The molecule has 2 atom stereocenters. The Morgan fingerprint density at radius 2 is 2.25 bits per heavy atom. The molecule has 1 rings (SSSR count). The van der Waals surface area contributed by atoms with Crippen molar-refractivity contribution in [3.63, 3.8) is 0 Å². The van der Waals surface area contributed by atoms with E-state index in [0.717, 1.165) is 5.92 Å². The van der Waals surface area contributed by atoms with Crippen LogP contribution in [-0.4, -0.2) is 6.04 Å². The molecule has 1 heterocycles. The quantitative estimate of drug-likeness (QED) is 0.499. The van der Waals surface area contributed by atoms with Crippen LogP contribution >= 0.6 is 0 Å². The van der Waals surface area contributed by atoms with Crippen molar-refractivity contribution >= 4 is 0 Å². The van der Waals surface area contributed by atoms with E-state index in [4.69, 9.17) is 0 Å². The molecule has 0 saturated carbocycles. The zero-order valence-electron chi connectivity index (χ0n) is 5.52. The van der Waals surface area contributed by atoms with Crippen molar-refractivity contribution in [2.24, 2.45) is 5.92 Å². The van der Waals surface area contributed by atoms with Gasteiger partial charge in [0.05, 0.1) is 0 Å². The first-order valence-corrected chi connectivity index (χ1v) is 3.22. The molecule has 0 radical (unpaired) electrons. The van der Waals surface area contributed by atoms with Gasteiger partial charge in [-0.2, -0.15) is 0 Å². The highest BCUT2D eigenvalue weighted by atomic mass is 14.9. The summed E-state index contributed by atoms with van der Waals surface area (Å²) >= 11 is 0. The summed E-state index contributed by atoms with van der Waals surface area (Å²) in [5.41, 5.74) is 0. The molecule has 0 aromatic rings. The maximum Gasteiger partial charge on any atom is 0.0255 e. The fourth-order valence-electron chi connectivity index (χ4n) is 0.871. The number of rotatable bonds is 0. The van der Waals surface area contributed by atoms with E-state index in [1.54, 1.807) is 0 Å². The van der Waals surface area contributed by atoms with Crippen molar-refractivity contribution in [2.45, 2.75) is 26.3 Å². The van der Waals surface area contributed by atoms with Crippen LogP contribution in [0.25, 0.3) is 0 Å². The number of hydrogen-bond acceptors (Lipinski definition) is 1. The van der Waals surface area contributed by atoms with Crippen LogP contribution in [0.15, 0.2) is 12.3 Å². The molecule has 1 aliphatic rings. The van der Waals surface area contributed by atoms with Crippen LogP contribution in [0.2, 0.25) is 0 Å². The highest BCUT2D eigenvalue weighted by Crippen LogP contribution is 2.11. The molecular formula is C7H13N. The van der Waals surface area contributed by atoms with Gasteiger partial charge < -0.3 is 5.32 Å². The van der Waals surface area contributed by atoms with Crippen molar-refractivity contribution < 1.29 is 0 Å². The van der Waals surface area contributed by atoms with Gasteiger partial charge >= 0.3 is 0 Å². The third kappa shape index (κ3) is 1.03. The maximum absolute atomic E-state index is 3.25. The minimum atomic E-state index is 0.667. The van der Waals surface area contributed by atoms with Crippen molar-refractivity contribution in [1.82, 2.24) is 5.32 Å². The van der Waals surface area contributed by atoms with Crippen molar-refractivity contribution in [1.29, 1.82) is 0 Å². The normalized spacial score (nSPS) is 36.8. The van der Waals surface area contributed by atoms with Gasteiger partial charge in [0.1, 0.15) is 0 Å². The van der Waals surface area contributed by atoms with Gasteiger partial charge in [-0.15, -0.1) is 0 Å². The molecule has 0 aromatic carbocycles. The highest BCUT2D eigenvalue weighted by molar-refractivity contribution is 4.91. The molecule has 0 aliphatic carbocycles. The first-order valence-electron chi connectivity index (χ1n) is 3.22. The van der Waals surface area contributed by atoms with E-state index in [1.807, 2.05) is 6.20 Å². The molecule has 8 heavy (non-hydrogen) atoms. The largest absolute Gasteiger partial charge is 0.388 e. The van der Waals surface area contributed by atoms with E-state index in [9.17, 15) is 0 Å². The zero-order valence-corrected chi connectivity index (χ0v) is 5.52. The third-order valence-corrected chi connectivity index (χ3v) is 1.84. The molecule has 1 nitrogen and oxygen atoms in total. The van der Waals surface area contributed by atoms with Crippen molar-refractivity contribution in [3.05, 3.63) is 12.3 Å². The smallest absolute Gasteiger partial charge is 0.0255 e. The Morgan fingerprint density at radius 1 is 1.50 bits per heavy atom. The topological polar surface area (TPSA) is 12.0 Å². The minimum absolute atomic E-state index is 0.667. The summed E-state index contributed by atoms with van der Waals surface area (Å²) in [4.78, 5) is 0. The van der Waals surface area contributed by atoms with Gasteiger partial charge in [0.25, 0.3) is 0 Å². The summed E-state index contributed by atoms with van der Waals surface area (Å²) in [6.45, 7) is 4.48. The van der Waals surface area contributed by atoms with Gasteiger partial charge in [0, 0.05) is 6.04 Å². The lowest BCUT2D eigenvalue weighted by Gasteiger charge is -2.22. The van der Waals surface area contributed by atoms with Crippen LogP contribution in [0.1, 0.15) is 20.3 Å². The SMILES string of the molecule is CC1NC=CC[C@H]1C. The Balaban J connectivity index is 2.44. The average Bonchev–Trinajstić information content (AvgIpc) is 1.77.